The van der Waals surface area contributed by atoms with E-state index in [2.05, 4.69) is 25.3 Å². The third-order valence-corrected chi connectivity index (χ3v) is 3.04. The van der Waals surface area contributed by atoms with Gasteiger partial charge in [0.25, 0.3) is 0 Å². The quantitative estimate of drug-likeness (QED) is 0.351. The fourth-order valence-electron chi connectivity index (χ4n) is 1.97. The van der Waals surface area contributed by atoms with Crippen LogP contribution in [0.15, 0.2) is 12.7 Å². The van der Waals surface area contributed by atoms with Gasteiger partial charge in [0.15, 0.2) is 0 Å². The molecule has 0 atom stereocenters. The highest BCUT2D eigenvalue weighted by atomic mass is 35.5. The molecule has 0 heterocycles. The summed E-state index contributed by atoms with van der Waals surface area (Å²) in [6.45, 7) is 12.2. The number of nitrogens with zero attached hydrogens (tertiary/aromatic N) is 1. The Bertz CT molecular complexity index is 138. The van der Waals surface area contributed by atoms with E-state index in [0.717, 1.165) is 6.42 Å². The number of allylic oxidation sites excluding steroid dienone is 1. The van der Waals surface area contributed by atoms with Crippen molar-refractivity contribution in [3.05, 3.63) is 12.7 Å². The predicted octanol–water partition coefficient (Wildman–Crippen LogP) is 5.06. The van der Waals surface area contributed by atoms with Crippen LogP contribution in [0.25, 0.3) is 0 Å². The molecule has 0 bridgehead atoms. The summed E-state index contributed by atoms with van der Waals surface area (Å²) in [4.78, 5) is 2.65. The Morgan fingerprint density at radius 3 is 1.71 bits per heavy atom. The van der Waals surface area contributed by atoms with Crippen LogP contribution in [-0.4, -0.2) is 24.5 Å². The molecule has 0 radical (unpaired) electrons. The molecule has 0 aromatic heterocycles. The highest BCUT2D eigenvalue weighted by Gasteiger charge is 2.03. The van der Waals surface area contributed by atoms with Crippen molar-refractivity contribution < 1.29 is 0 Å². The minimum atomic E-state index is 0. The lowest BCUT2D eigenvalue weighted by Crippen LogP contribution is -2.27. The second-order valence-corrected chi connectivity index (χ2v) is 4.69. The van der Waals surface area contributed by atoms with Crippen molar-refractivity contribution in [2.24, 2.45) is 0 Å². The van der Waals surface area contributed by atoms with Crippen LogP contribution in [-0.2, 0) is 0 Å². The van der Waals surface area contributed by atoms with Gasteiger partial charge in [-0.2, -0.15) is 0 Å². The molecule has 0 amide bonds. The fourth-order valence-corrected chi connectivity index (χ4v) is 1.97. The molecule has 2 heteroatoms. The highest BCUT2D eigenvalue weighted by molar-refractivity contribution is 5.85. The number of hydrogen-bond donors (Lipinski definition) is 0. The summed E-state index contributed by atoms with van der Waals surface area (Å²) in [5.41, 5.74) is 0. The summed E-state index contributed by atoms with van der Waals surface area (Å²) in [5.74, 6) is 0. The monoisotopic (exact) mass is 261 g/mol. The van der Waals surface area contributed by atoms with Gasteiger partial charge in [-0.3, -0.25) is 0 Å². The van der Waals surface area contributed by atoms with E-state index in [-0.39, 0.29) is 12.4 Å². The molecular weight excluding hydrogens is 230 g/mol. The normalized spacial score (nSPS) is 10.3. The van der Waals surface area contributed by atoms with Gasteiger partial charge in [-0.05, 0) is 45.3 Å². The summed E-state index contributed by atoms with van der Waals surface area (Å²) < 4.78 is 0. The molecule has 0 saturated heterocycles. The average molecular weight is 262 g/mol. The lowest BCUT2D eigenvalue weighted by molar-refractivity contribution is 0.259. The zero-order valence-corrected chi connectivity index (χ0v) is 12.7. The second-order valence-electron chi connectivity index (χ2n) is 4.69. The molecule has 0 aromatic rings. The predicted molar refractivity (Wildman–Crippen MR) is 82.2 cm³/mol. The molecule has 0 fully saturated rings. The van der Waals surface area contributed by atoms with Gasteiger partial charge >= 0.3 is 0 Å². The van der Waals surface area contributed by atoms with Gasteiger partial charge in [0.05, 0.1) is 0 Å². The van der Waals surface area contributed by atoms with Crippen molar-refractivity contribution in [2.75, 3.05) is 19.6 Å². The van der Waals surface area contributed by atoms with E-state index in [9.17, 15) is 0 Å². The molecule has 0 aliphatic rings. The van der Waals surface area contributed by atoms with Crippen LogP contribution in [0.5, 0.6) is 0 Å². The summed E-state index contributed by atoms with van der Waals surface area (Å²) in [6.07, 6.45) is 12.6. The first-order valence-corrected chi connectivity index (χ1v) is 7.18. The van der Waals surface area contributed by atoms with E-state index in [0.29, 0.717) is 0 Å². The Labute approximate surface area is 115 Å². The van der Waals surface area contributed by atoms with Crippen molar-refractivity contribution in [3.8, 4) is 0 Å². The summed E-state index contributed by atoms with van der Waals surface area (Å²) >= 11 is 0. The van der Waals surface area contributed by atoms with E-state index >= 15 is 0 Å². The molecule has 0 spiro atoms. The minimum Gasteiger partial charge on any atom is -0.303 e. The van der Waals surface area contributed by atoms with Gasteiger partial charge in [0.2, 0.25) is 0 Å². The summed E-state index contributed by atoms with van der Waals surface area (Å²) in [7, 11) is 0. The maximum atomic E-state index is 3.79. The van der Waals surface area contributed by atoms with Crippen LogP contribution in [0.1, 0.15) is 65.2 Å². The van der Waals surface area contributed by atoms with Gasteiger partial charge < -0.3 is 4.90 Å². The zero-order valence-electron chi connectivity index (χ0n) is 11.9. The van der Waals surface area contributed by atoms with Crippen molar-refractivity contribution in [2.45, 2.75) is 65.2 Å². The summed E-state index contributed by atoms with van der Waals surface area (Å²) in [5, 5.41) is 0. The third-order valence-electron chi connectivity index (χ3n) is 3.04. The number of halogens is 1. The van der Waals surface area contributed by atoms with Crippen LogP contribution in [0.4, 0.5) is 0 Å². The van der Waals surface area contributed by atoms with Crippen molar-refractivity contribution in [1.29, 1.82) is 0 Å². The van der Waals surface area contributed by atoms with Gasteiger partial charge in [-0.25, -0.2) is 0 Å². The Kier molecular flexibility index (Phi) is 18.2. The highest BCUT2D eigenvalue weighted by Crippen LogP contribution is 2.04. The van der Waals surface area contributed by atoms with Crippen LogP contribution >= 0.6 is 12.4 Å². The molecule has 104 valence electrons. The van der Waals surface area contributed by atoms with E-state index < -0.39 is 0 Å². The average Bonchev–Trinajstić information content (AvgIpc) is 2.29. The maximum Gasteiger partial charge on any atom is -0.00158 e. The largest absolute Gasteiger partial charge is 0.303 e. The first-order valence-electron chi connectivity index (χ1n) is 7.18. The maximum absolute atomic E-state index is 3.79. The third kappa shape index (κ3) is 13.9. The lowest BCUT2D eigenvalue weighted by atomic mass is 10.2. The zero-order chi connectivity index (χ0) is 12.1. The van der Waals surface area contributed by atoms with Crippen LogP contribution < -0.4 is 0 Å². The SMILES string of the molecule is C=CCCCN(CCCCC)CCCCC.Cl. The minimum absolute atomic E-state index is 0. The first-order chi connectivity index (χ1) is 7.85. The van der Waals surface area contributed by atoms with Gasteiger partial charge in [-0.1, -0.05) is 45.6 Å². The van der Waals surface area contributed by atoms with Crippen LogP contribution in [0, 0.1) is 0 Å². The standard InChI is InChI=1S/C15H31N.ClH/c1-4-7-10-13-16(14-11-8-5-2)15-12-9-6-3;/h4H,1,5-15H2,2-3H3;1H. The summed E-state index contributed by atoms with van der Waals surface area (Å²) in [6, 6.07) is 0. The van der Waals surface area contributed by atoms with Crippen molar-refractivity contribution in [1.82, 2.24) is 4.90 Å². The van der Waals surface area contributed by atoms with E-state index in [4.69, 9.17) is 0 Å². The van der Waals surface area contributed by atoms with E-state index in [1.54, 1.807) is 0 Å². The molecule has 0 N–H and O–H groups in total. The molecule has 0 aromatic carbocycles. The molecule has 0 saturated carbocycles. The first kappa shape index (κ1) is 19.3. The number of hydrogen-bond acceptors (Lipinski definition) is 1. The lowest BCUT2D eigenvalue weighted by Gasteiger charge is -2.21. The molecule has 0 aliphatic heterocycles. The second kappa shape index (κ2) is 16.0. The topological polar surface area (TPSA) is 3.24 Å². The molecule has 1 nitrogen and oxygen atoms in total. The van der Waals surface area contributed by atoms with Gasteiger partial charge in [-0.15, -0.1) is 19.0 Å². The Balaban J connectivity index is 0. The van der Waals surface area contributed by atoms with Crippen molar-refractivity contribution in [3.63, 3.8) is 0 Å². The molecule has 0 rings (SSSR count). The molecule has 0 aliphatic carbocycles. The fraction of sp³-hybridized carbons (Fsp3) is 0.867. The van der Waals surface area contributed by atoms with Crippen molar-refractivity contribution >= 4 is 12.4 Å². The van der Waals surface area contributed by atoms with Crippen LogP contribution in [0.2, 0.25) is 0 Å². The molecule has 0 unspecified atom stereocenters. The van der Waals surface area contributed by atoms with E-state index in [1.807, 2.05) is 6.08 Å². The van der Waals surface area contributed by atoms with Crippen LogP contribution in [0.3, 0.4) is 0 Å². The number of unbranched alkanes of at least 4 members (excludes halogenated alkanes) is 5. The Morgan fingerprint density at radius 1 is 0.824 bits per heavy atom. The van der Waals surface area contributed by atoms with Gasteiger partial charge in [0.1, 0.15) is 0 Å². The van der Waals surface area contributed by atoms with Gasteiger partial charge in [0, 0.05) is 0 Å². The molecule has 17 heavy (non-hydrogen) atoms. The van der Waals surface area contributed by atoms with E-state index in [1.165, 1.54) is 64.6 Å². The smallest absolute Gasteiger partial charge is 0.00158 e. The Hall–Kier alpha value is -0.0100. The Morgan fingerprint density at radius 2 is 1.29 bits per heavy atom. The number of rotatable bonds is 12. The molecular formula is C15H32ClN.